The second kappa shape index (κ2) is 5.38. The van der Waals surface area contributed by atoms with E-state index in [-0.39, 0.29) is 17.5 Å². The molecule has 2 amide bonds. The molecule has 0 radical (unpaired) electrons. The molecule has 0 atom stereocenters. The molecule has 0 aromatic heterocycles. The van der Waals surface area contributed by atoms with Crippen LogP contribution in [0.2, 0.25) is 0 Å². The molecule has 19 heavy (non-hydrogen) atoms. The van der Waals surface area contributed by atoms with Gasteiger partial charge in [0.15, 0.2) is 0 Å². The highest BCUT2D eigenvalue weighted by atomic mass is 19.1. The first-order valence-corrected chi connectivity index (χ1v) is 6.30. The fraction of sp³-hybridized carbons (Fsp3) is 0.429. The average Bonchev–Trinajstić information content (AvgIpc) is 3.14. The van der Waals surface area contributed by atoms with Gasteiger partial charge in [0, 0.05) is 26.1 Å². The van der Waals surface area contributed by atoms with E-state index in [1.54, 1.807) is 11.9 Å². The standard InChI is InChI=1S/C14H17FN2O2/c1-9(18)16-13-7-11(5-6-12(13)15)14(19)17(2)8-10-3-4-10/h5-7,10H,3-4,8H2,1-2H3,(H,16,18). The molecule has 102 valence electrons. The number of hydrogen-bond donors (Lipinski definition) is 1. The van der Waals surface area contributed by atoms with E-state index in [0.717, 1.165) is 19.4 Å². The number of nitrogens with zero attached hydrogens (tertiary/aromatic N) is 1. The lowest BCUT2D eigenvalue weighted by atomic mass is 10.1. The summed E-state index contributed by atoms with van der Waals surface area (Å²) in [5.41, 5.74) is 0.423. The highest BCUT2D eigenvalue weighted by Crippen LogP contribution is 2.29. The summed E-state index contributed by atoms with van der Waals surface area (Å²) in [5.74, 6) is -0.464. The van der Waals surface area contributed by atoms with Crippen molar-refractivity contribution in [2.75, 3.05) is 18.9 Å². The summed E-state index contributed by atoms with van der Waals surface area (Å²) in [6, 6.07) is 4.01. The highest BCUT2D eigenvalue weighted by molar-refractivity contribution is 5.96. The minimum atomic E-state index is -0.545. The van der Waals surface area contributed by atoms with Gasteiger partial charge in [-0.3, -0.25) is 9.59 Å². The number of carbonyl (C=O) groups is 2. The lowest BCUT2D eigenvalue weighted by Crippen LogP contribution is -2.28. The minimum absolute atomic E-state index is 0.0400. The molecular weight excluding hydrogens is 247 g/mol. The van der Waals surface area contributed by atoms with E-state index in [1.165, 1.54) is 25.1 Å². The third kappa shape index (κ3) is 3.53. The summed E-state index contributed by atoms with van der Waals surface area (Å²) in [5, 5.41) is 2.38. The van der Waals surface area contributed by atoms with Gasteiger partial charge in [-0.25, -0.2) is 4.39 Å². The Labute approximate surface area is 111 Å². The van der Waals surface area contributed by atoms with Crippen LogP contribution >= 0.6 is 0 Å². The maximum Gasteiger partial charge on any atom is 0.253 e. The second-order valence-electron chi connectivity index (χ2n) is 5.00. The van der Waals surface area contributed by atoms with E-state index >= 15 is 0 Å². The van der Waals surface area contributed by atoms with Crippen molar-refractivity contribution in [1.82, 2.24) is 4.90 Å². The summed E-state index contributed by atoms with van der Waals surface area (Å²) < 4.78 is 13.5. The third-order valence-corrected chi connectivity index (χ3v) is 3.10. The average molecular weight is 264 g/mol. The van der Waals surface area contributed by atoms with E-state index in [1.807, 2.05) is 0 Å². The third-order valence-electron chi connectivity index (χ3n) is 3.10. The number of hydrogen-bond acceptors (Lipinski definition) is 2. The molecule has 0 unspecified atom stereocenters. The highest BCUT2D eigenvalue weighted by Gasteiger charge is 2.25. The normalized spacial score (nSPS) is 14.1. The van der Waals surface area contributed by atoms with Crippen molar-refractivity contribution in [1.29, 1.82) is 0 Å². The largest absolute Gasteiger partial charge is 0.341 e. The number of benzene rings is 1. The number of amides is 2. The van der Waals surface area contributed by atoms with Gasteiger partial charge in [-0.2, -0.15) is 0 Å². The molecule has 5 heteroatoms. The molecule has 2 rings (SSSR count). The SMILES string of the molecule is CC(=O)Nc1cc(C(=O)N(C)CC2CC2)ccc1F. The van der Waals surface area contributed by atoms with E-state index in [0.29, 0.717) is 11.5 Å². The fourth-order valence-corrected chi connectivity index (χ4v) is 1.93. The summed E-state index contributed by atoms with van der Waals surface area (Å²) in [6.07, 6.45) is 2.33. The van der Waals surface area contributed by atoms with E-state index in [4.69, 9.17) is 0 Å². The van der Waals surface area contributed by atoms with Gasteiger partial charge in [0.05, 0.1) is 5.69 Å². The maximum atomic E-state index is 13.5. The number of nitrogens with one attached hydrogen (secondary N) is 1. The first-order chi connectivity index (χ1) is 8.97. The predicted molar refractivity (Wildman–Crippen MR) is 70.4 cm³/mol. The van der Waals surface area contributed by atoms with Crippen LogP contribution in [0.1, 0.15) is 30.1 Å². The number of rotatable bonds is 4. The minimum Gasteiger partial charge on any atom is -0.341 e. The van der Waals surface area contributed by atoms with Gasteiger partial charge in [0.25, 0.3) is 5.91 Å². The van der Waals surface area contributed by atoms with Crippen LogP contribution in [-0.2, 0) is 4.79 Å². The van der Waals surface area contributed by atoms with Gasteiger partial charge in [-0.1, -0.05) is 0 Å². The first-order valence-electron chi connectivity index (χ1n) is 6.30. The maximum absolute atomic E-state index is 13.5. The van der Waals surface area contributed by atoms with E-state index in [2.05, 4.69) is 5.32 Å². The van der Waals surface area contributed by atoms with Crippen LogP contribution in [-0.4, -0.2) is 30.3 Å². The van der Waals surface area contributed by atoms with Gasteiger partial charge in [-0.05, 0) is 37.0 Å². The molecule has 1 fully saturated rings. The Balaban J connectivity index is 2.14. The van der Waals surface area contributed by atoms with Crippen molar-refractivity contribution in [3.05, 3.63) is 29.6 Å². The first kappa shape index (κ1) is 13.5. The van der Waals surface area contributed by atoms with E-state index < -0.39 is 5.82 Å². The molecule has 0 spiro atoms. The predicted octanol–water partition coefficient (Wildman–Crippen LogP) is 2.27. The molecular formula is C14H17FN2O2. The van der Waals surface area contributed by atoms with Gasteiger partial charge < -0.3 is 10.2 Å². The van der Waals surface area contributed by atoms with Crippen LogP contribution in [0.4, 0.5) is 10.1 Å². The number of anilines is 1. The zero-order valence-corrected chi connectivity index (χ0v) is 11.1. The zero-order chi connectivity index (χ0) is 14.0. The Hall–Kier alpha value is -1.91. The number of halogens is 1. The number of carbonyl (C=O) groups excluding carboxylic acids is 2. The van der Waals surface area contributed by atoms with Crippen LogP contribution < -0.4 is 5.32 Å². The van der Waals surface area contributed by atoms with Crippen molar-refractivity contribution in [2.45, 2.75) is 19.8 Å². The van der Waals surface area contributed by atoms with Crippen LogP contribution in [0, 0.1) is 11.7 Å². The Morgan fingerprint density at radius 3 is 2.68 bits per heavy atom. The summed E-state index contributed by atoms with van der Waals surface area (Å²) in [4.78, 5) is 24.8. The lowest BCUT2D eigenvalue weighted by molar-refractivity contribution is -0.114. The smallest absolute Gasteiger partial charge is 0.253 e. The molecule has 0 heterocycles. The Morgan fingerprint density at radius 2 is 2.11 bits per heavy atom. The molecule has 1 aromatic rings. The van der Waals surface area contributed by atoms with Crippen LogP contribution in [0.25, 0.3) is 0 Å². The Bertz CT molecular complexity index is 512. The van der Waals surface area contributed by atoms with Gasteiger partial charge in [-0.15, -0.1) is 0 Å². The van der Waals surface area contributed by atoms with Gasteiger partial charge in [0.1, 0.15) is 5.82 Å². The van der Waals surface area contributed by atoms with Crippen molar-refractivity contribution >= 4 is 17.5 Å². The molecule has 1 N–H and O–H groups in total. The molecule has 1 aliphatic carbocycles. The molecule has 1 saturated carbocycles. The summed E-state index contributed by atoms with van der Waals surface area (Å²) in [6.45, 7) is 2.03. The van der Waals surface area contributed by atoms with Gasteiger partial charge >= 0.3 is 0 Å². The molecule has 1 aliphatic rings. The van der Waals surface area contributed by atoms with Crippen molar-refractivity contribution in [3.8, 4) is 0 Å². The Kier molecular flexibility index (Phi) is 3.83. The van der Waals surface area contributed by atoms with Crippen LogP contribution in [0.15, 0.2) is 18.2 Å². The van der Waals surface area contributed by atoms with Crippen molar-refractivity contribution < 1.29 is 14.0 Å². The molecule has 0 aliphatic heterocycles. The molecule has 0 saturated heterocycles. The summed E-state index contributed by atoms with van der Waals surface area (Å²) in [7, 11) is 1.74. The second-order valence-corrected chi connectivity index (χ2v) is 5.00. The summed E-state index contributed by atoms with van der Waals surface area (Å²) >= 11 is 0. The lowest BCUT2D eigenvalue weighted by Gasteiger charge is -2.17. The van der Waals surface area contributed by atoms with Crippen molar-refractivity contribution in [3.63, 3.8) is 0 Å². The quantitative estimate of drug-likeness (QED) is 0.907. The van der Waals surface area contributed by atoms with Crippen LogP contribution in [0.5, 0.6) is 0 Å². The van der Waals surface area contributed by atoms with Gasteiger partial charge in [0.2, 0.25) is 5.91 Å². The van der Waals surface area contributed by atoms with E-state index in [9.17, 15) is 14.0 Å². The molecule has 0 bridgehead atoms. The zero-order valence-electron chi connectivity index (χ0n) is 11.1. The molecule has 4 nitrogen and oxygen atoms in total. The Morgan fingerprint density at radius 1 is 1.42 bits per heavy atom. The monoisotopic (exact) mass is 264 g/mol. The molecule has 1 aromatic carbocycles. The van der Waals surface area contributed by atoms with Crippen molar-refractivity contribution in [2.24, 2.45) is 5.92 Å². The topological polar surface area (TPSA) is 49.4 Å². The van der Waals surface area contributed by atoms with Crippen LogP contribution in [0.3, 0.4) is 0 Å². The fourth-order valence-electron chi connectivity index (χ4n) is 1.93.